The summed E-state index contributed by atoms with van der Waals surface area (Å²) >= 11 is 6.45. The van der Waals surface area contributed by atoms with Crippen molar-refractivity contribution < 1.29 is 13.9 Å². The van der Waals surface area contributed by atoms with Crippen LogP contribution in [0.1, 0.15) is 41.2 Å². The van der Waals surface area contributed by atoms with Gasteiger partial charge < -0.3 is 10.1 Å². The molecular weight excluding hydrogens is 379 g/mol. The number of carbonyl (C=O) groups is 1. The maximum atomic E-state index is 13.9. The number of nitrogens with one attached hydrogen (secondary N) is 1. The van der Waals surface area contributed by atoms with E-state index in [2.05, 4.69) is 10.2 Å². The number of ketones is 1. The Morgan fingerprint density at radius 1 is 1.21 bits per heavy atom. The van der Waals surface area contributed by atoms with Gasteiger partial charge in [-0.3, -0.25) is 9.69 Å². The molecule has 0 saturated carbocycles. The predicted molar refractivity (Wildman–Crippen MR) is 110 cm³/mol. The first-order valence-electron chi connectivity index (χ1n) is 9.66. The summed E-state index contributed by atoms with van der Waals surface area (Å²) in [6.45, 7) is 2.79. The third-order valence-electron chi connectivity index (χ3n) is 5.19. The van der Waals surface area contributed by atoms with Crippen LogP contribution in [0.4, 0.5) is 4.39 Å². The number of halogens is 2. The standard InChI is InChI=1S/C22H26ClFN2O2/c1-28-22-10-9-16(13-19(22)24)21(27)15-25-14-20(26-11-5-2-6-12-26)17-7-3-4-8-18(17)23/h3-4,7-10,13,20,25H,2,5-6,11-12,14-15H2,1H3. The van der Waals surface area contributed by atoms with E-state index in [-0.39, 0.29) is 24.1 Å². The predicted octanol–water partition coefficient (Wildman–Crippen LogP) is 4.49. The Hall–Kier alpha value is -1.95. The lowest BCUT2D eigenvalue weighted by Crippen LogP contribution is -2.40. The molecule has 150 valence electrons. The lowest BCUT2D eigenvalue weighted by atomic mass is 10.0. The maximum Gasteiger partial charge on any atom is 0.176 e. The highest BCUT2D eigenvalue weighted by molar-refractivity contribution is 6.31. The largest absolute Gasteiger partial charge is 0.494 e. The molecule has 0 amide bonds. The van der Waals surface area contributed by atoms with Crippen molar-refractivity contribution in [3.63, 3.8) is 0 Å². The van der Waals surface area contributed by atoms with E-state index in [0.717, 1.165) is 23.7 Å². The second-order valence-electron chi connectivity index (χ2n) is 7.04. The van der Waals surface area contributed by atoms with Gasteiger partial charge >= 0.3 is 0 Å². The number of rotatable bonds is 8. The van der Waals surface area contributed by atoms with Gasteiger partial charge in [0.2, 0.25) is 0 Å². The Morgan fingerprint density at radius 2 is 1.96 bits per heavy atom. The Morgan fingerprint density at radius 3 is 2.64 bits per heavy atom. The minimum absolute atomic E-state index is 0.106. The van der Waals surface area contributed by atoms with E-state index in [9.17, 15) is 9.18 Å². The number of nitrogens with zero attached hydrogens (tertiary/aromatic N) is 1. The van der Waals surface area contributed by atoms with Crippen LogP contribution in [0.3, 0.4) is 0 Å². The molecule has 2 aromatic rings. The summed E-state index contributed by atoms with van der Waals surface area (Å²) in [7, 11) is 1.40. The highest BCUT2D eigenvalue weighted by Gasteiger charge is 2.24. The summed E-state index contributed by atoms with van der Waals surface area (Å²) in [5.41, 5.74) is 1.40. The fraction of sp³-hybridized carbons (Fsp3) is 0.409. The number of hydrogen-bond acceptors (Lipinski definition) is 4. The van der Waals surface area contributed by atoms with Crippen molar-refractivity contribution in [1.82, 2.24) is 10.2 Å². The Balaban J connectivity index is 1.65. The van der Waals surface area contributed by atoms with E-state index in [0.29, 0.717) is 12.1 Å². The van der Waals surface area contributed by atoms with Crippen molar-refractivity contribution in [3.05, 3.63) is 64.4 Å². The lowest BCUT2D eigenvalue weighted by molar-refractivity contribution is 0.0983. The normalized spacial score (nSPS) is 16.0. The van der Waals surface area contributed by atoms with Crippen molar-refractivity contribution in [1.29, 1.82) is 0 Å². The van der Waals surface area contributed by atoms with E-state index in [1.165, 1.54) is 38.5 Å². The van der Waals surface area contributed by atoms with E-state index in [1.54, 1.807) is 6.07 Å². The second-order valence-corrected chi connectivity index (χ2v) is 7.44. The molecule has 1 atom stereocenters. The van der Waals surface area contributed by atoms with Crippen molar-refractivity contribution in [2.45, 2.75) is 25.3 Å². The van der Waals surface area contributed by atoms with Gasteiger partial charge in [-0.2, -0.15) is 0 Å². The number of piperidine rings is 1. The first kappa shape index (κ1) is 20.8. The third kappa shape index (κ3) is 5.10. The monoisotopic (exact) mass is 404 g/mol. The summed E-state index contributed by atoms with van der Waals surface area (Å²) in [5.74, 6) is -0.554. The molecule has 1 saturated heterocycles. The van der Waals surface area contributed by atoms with Crippen LogP contribution < -0.4 is 10.1 Å². The molecule has 6 heteroatoms. The Bertz CT molecular complexity index is 809. The minimum Gasteiger partial charge on any atom is -0.494 e. The van der Waals surface area contributed by atoms with Gasteiger partial charge in [0, 0.05) is 23.2 Å². The summed E-state index contributed by atoms with van der Waals surface area (Å²) in [5, 5.41) is 3.99. The molecule has 1 fully saturated rings. The zero-order valence-electron chi connectivity index (χ0n) is 16.1. The summed E-state index contributed by atoms with van der Waals surface area (Å²) < 4.78 is 18.8. The third-order valence-corrected chi connectivity index (χ3v) is 5.54. The molecule has 1 aliphatic heterocycles. The van der Waals surface area contributed by atoms with E-state index >= 15 is 0 Å². The van der Waals surface area contributed by atoms with E-state index in [4.69, 9.17) is 16.3 Å². The van der Waals surface area contributed by atoms with Gasteiger partial charge in [-0.15, -0.1) is 0 Å². The minimum atomic E-state index is -0.532. The molecule has 1 aliphatic rings. The summed E-state index contributed by atoms with van der Waals surface area (Å²) in [6, 6.07) is 12.2. The molecule has 0 bridgehead atoms. The van der Waals surface area contributed by atoms with Crippen molar-refractivity contribution in [3.8, 4) is 5.75 Å². The highest BCUT2D eigenvalue weighted by atomic mass is 35.5. The first-order valence-corrected chi connectivity index (χ1v) is 10.0. The molecule has 4 nitrogen and oxygen atoms in total. The molecule has 0 spiro atoms. The average molecular weight is 405 g/mol. The molecule has 0 aliphatic carbocycles. The van der Waals surface area contributed by atoms with Crippen LogP contribution in [0.25, 0.3) is 0 Å². The van der Waals surface area contributed by atoms with Crippen LogP contribution in [0.5, 0.6) is 5.75 Å². The molecule has 28 heavy (non-hydrogen) atoms. The van der Waals surface area contributed by atoms with Crippen LogP contribution in [0, 0.1) is 5.82 Å². The fourth-order valence-electron chi connectivity index (χ4n) is 3.68. The Kier molecular flexibility index (Phi) is 7.43. The number of methoxy groups -OCH3 is 1. The van der Waals surface area contributed by atoms with E-state index in [1.807, 2.05) is 24.3 Å². The molecule has 3 rings (SSSR count). The van der Waals surface area contributed by atoms with Crippen molar-refractivity contribution in [2.75, 3.05) is 33.3 Å². The lowest BCUT2D eigenvalue weighted by Gasteiger charge is -2.35. The zero-order chi connectivity index (χ0) is 19.9. The SMILES string of the molecule is COc1ccc(C(=O)CNCC(c2ccccc2Cl)N2CCCCC2)cc1F. The molecular formula is C22H26ClFN2O2. The van der Waals surface area contributed by atoms with Crippen LogP contribution >= 0.6 is 11.6 Å². The molecule has 1 unspecified atom stereocenters. The van der Waals surface area contributed by atoms with Gasteiger partial charge in [0.1, 0.15) is 0 Å². The second kappa shape index (κ2) is 10.0. The quantitative estimate of drug-likeness (QED) is 0.658. The van der Waals surface area contributed by atoms with Crippen molar-refractivity contribution in [2.24, 2.45) is 0 Å². The first-order chi connectivity index (χ1) is 13.6. The Labute approximate surface area is 170 Å². The topological polar surface area (TPSA) is 41.6 Å². The zero-order valence-corrected chi connectivity index (χ0v) is 16.8. The molecule has 2 aromatic carbocycles. The number of Topliss-reactive ketones (excluding diaryl/α,β-unsaturated/α-hetero) is 1. The number of benzene rings is 2. The van der Waals surface area contributed by atoms with Crippen molar-refractivity contribution >= 4 is 17.4 Å². The smallest absolute Gasteiger partial charge is 0.176 e. The average Bonchev–Trinajstić information content (AvgIpc) is 2.72. The van der Waals surface area contributed by atoms with Crippen LogP contribution in [-0.4, -0.2) is 44.0 Å². The molecule has 1 N–H and O–H groups in total. The van der Waals surface area contributed by atoms with Gasteiger partial charge in [-0.1, -0.05) is 36.2 Å². The molecule has 1 heterocycles. The van der Waals surface area contributed by atoms with Gasteiger partial charge in [0.25, 0.3) is 0 Å². The molecule has 0 aromatic heterocycles. The van der Waals surface area contributed by atoms with Crippen LogP contribution in [-0.2, 0) is 0 Å². The number of ether oxygens (including phenoxy) is 1. The van der Waals surface area contributed by atoms with E-state index < -0.39 is 5.82 Å². The number of hydrogen-bond donors (Lipinski definition) is 1. The number of carbonyl (C=O) groups excluding carboxylic acids is 1. The van der Waals surface area contributed by atoms with Gasteiger partial charge in [0.05, 0.1) is 13.7 Å². The number of likely N-dealkylation sites (tertiary alicyclic amines) is 1. The summed E-state index contributed by atoms with van der Waals surface area (Å²) in [4.78, 5) is 14.9. The van der Waals surface area contributed by atoms with Crippen LogP contribution in [0.15, 0.2) is 42.5 Å². The fourth-order valence-corrected chi connectivity index (χ4v) is 3.94. The molecule has 0 radical (unpaired) electrons. The highest BCUT2D eigenvalue weighted by Crippen LogP contribution is 2.29. The van der Waals surface area contributed by atoms with Gasteiger partial charge in [-0.25, -0.2) is 4.39 Å². The van der Waals surface area contributed by atoms with Crippen LogP contribution in [0.2, 0.25) is 5.02 Å². The van der Waals surface area contributed by atoms with Gasteiger partial charge in [0.15, 0.2) is 17.3 Å². The maximum absolute atomic E-state index is 13.9. The summed E-state index contributed by atoms with van der Waals surface area (Å²) in [6.07, 6.45) is 3.59. The van der Waals surface area contributed by atoms with Gasteiger partial charge in [-0.05, 0) is 55.8 Å².